The predicted molar refractivity (Wildman–Crippen MR) is 213 cm³/mol. The zero-order chi connectivity index (χ0) is 37.8. The van der Waals surface area contributed by atoms with Gasteiger partial charge in [0.15, 0.2) is 0 Å². The molecule has 2 aliphatic rings. The second-order valence-corrected chi connectivity index (χ2v) is 19.6. The lowest BCUT2D eigenvalue weighted by Crippen LogP contribution is -2.66. The Morgan fingerprint density at radius 3 is 1.96 bits per heavy atom. The summed E-state index contributed by atoms with van der Waals surface area (Å²) < 4.78 is 7.38. The Labute approximate surface area is 314 Å². The summed E-state index contributed by atoms with van der Waals surface area (Å²) in [4.78, 5) is 29.6. The number of benzene rings is 4. The molecular weight excluding hydrogens is 679 g/mol. The van der Waals surface area contributed by atoms with Crippen molar-refractivity contribution in [2.75, 3.05) is 18.1 Å². The molecule has 2 amide bonds. The molecule has 4 atom stereocenters. The number of hydrogen-bond donors (Lipinski definition) is 3. The van der Waals surface area contributed by atoms with Gasteiger partial charge < -0.3 is 19.7 Å². The van der Waals surface area contributed by atoms with E-state index in [1.807, 2.05) is 54.6 Å². The first-order valence-corrected chi connectivity index (χ1v) is 20.6. The average molecular weight is 730 g/mol. The summed E-state index contributed by atoms with van der Waals surface area (Å²) in [6.07, 6.45) is 3.07. The van der Waals surface area contributed by atoms with Crippen molar-refractivity contribution in [3.05, 3.63) is 138 Å². The molecule has 1 aliphatic carbocycles. The third-order valence-electron chi connectivity index (χ3n) is 11.1. The molecule has 8 heteroatoms. The number of para-hydroxylation sites is 1. The molecule has 0 spiro atoms. The molecule has 3 N–H and O–H groups in total. The number of amides is 2. The van der Waals surface area contributed by atoms with E-state index in [2.05, 4.69) is 58.0 Å². The first kappa shape index (κ1) is 38.1. The molecule has 0 radical (unpaired) electrons. The van der Waals surface area contributed by atoms with Crippen LogP contribution in [0.3, 0.4) is 0 Å². The van der Waals surface area contributed by atoms with Gasteiger partial charge in [-0.3, -0.25) is 14.5 Å². The zero-order valence-corrected chi connectivity index (χ0v) is 32.1. The molecule has 1 heterocycles. The summed E-state index contributed by atoms with van der Waals surface area (Å²) in [5.41, 5.74) is 3.98. The van der Waals surface area contributed by atoms with Crippen LogP contribution in [-0.4, -0.2) is 54.8 Å². The van der Waals surface area contributed by atoms with E-state index >= 15 is 0 Å². The van der Waals surface area contributed by atoms with Crippen LogP contribution in [0.2, 0.25) is 5.04 Å². The van der Waals surface area contributed by atoms with Gasteiger partial charge in [-0.2, -0.15) is 0 Å². The molecule has 0 aromatic heterocycles. The van der Waals surface area contributed by atoms with Crippen molar-refractivity contribution >= 4 is 42.3 Å². The highest BCUT2D eigenvalue weighted by Crippen LogP contribution is 2.48. The lowest BCUT2D eigenvalue weighted by molar-refractivity contribution is -0.123. The quantitative estimate of drug-likeness (QED) is 0.0777. The van der Waals surface area contributed by atoms with Crippen molar-refractivity contribution in [2.24, 2.45) is 17.8 Å². The Morgan fingerprint density at radius 2 is 1.43 bits per heavy atom. The summed E-state index contributed by atoms with van der Waals surface area (Å²) in [5.74, 6) is -2.67. The van der Waals surface area contributed by atoms with Crippen LogP contribution >= 0.6 is 0 Å². The van der Waals surface area contributed by atoms with Crippen LogP contribution in [-0.2, 0) is 14.0 Å². The minimum Gasteiger partial charge on any atom is -0.508 e. The maximum atomic E-state index is 14.2. The number of anilines is 1. The molecule has 1 aliphatic heterocycles. The van der Waals surface area contributed by atoms with Gasteiger partial charge in [-0.05, 0) is 82.1 Å². The Bertz CT molecular complexity index is 1900. The Balaban J connectivity index is 1.42. The molecule has 0 bridgehead atoms. The smallest absolute Gasteiger partial charge is 0.261 e. The number of rotatable bonds is 13. The number of hydrogen-bond acceptors (Lipinski definition) is 6. The van der Waals surface area contributed by atoms with E-state index in [-0.39, 0.29) is 42.2 Å². The summed E-state index contributed by atoms with van der Waals surface area (Å²) >= 11 is 0. The predicted octanol–water partition coefficient (Wildman–Crippen LogP) is 7.02. The molecule has 0 unspecified atom stereocenters. The van der Waals surface area contributed by atoms with Crippen molar-refractivity contribution < 1.29 is 29.3 Å². The van der Waals surface area contributed by atoms with Crippen molar-refractivity contribution in [2.45, 2.75) is 64.5 Å². The lowest BCUT2D eigenvalue weighted by Gasteiger charge is -2.44. The summed E-state index contributed by atoms with van der Waals surface area (Å²) in [5, 5.41) is 35.0. The van der Waals surface area contributed by atoms with Crippen molar-refractivity contribution in [3.8, 4) is 5.75 Å². The molecule has 4 aromatic carbocycles. The van der Waals surface area contributed by atoms with Gasteiger partial charge >= 0.3 is 0 Å². The van der Waals surface area contributed by atoms with E-state index in [4.69, 9.17) is 4.43 Å². The first-order chi connectivity index (χ1) is 25.5. The number of aliphatic hydroxyl groups excluding tert-OH is 2. The van der Waals surface area contributed by atoms with Gasteiger partial charge in [0.1, 0.15) is 5.75 Å². The fourth-order valence-electron chi connectivity index (χ4n) is 8.52. The van der Waals surface area contributed by atoms with Gasteiger partial charge in [0, 0.05) is 5.92 Å². The second-order valence-electron chi connectivity index (χ2n) is 15.3. The zero-order valence-electron chi connectivity index (χ0n) is 31.1. The molecule has 7 nitrogen and oxygen atoms in total. The Kier molecular flexibility index (Phi) is 11.6. The largest absolute Gasteiger partial charge is 0.508 e. The van der Waals surface area contributed by atoms with Crippen molar-refractivity contribution in [3.63, 3.8) is 0 Å². The van der Waals surface area contributed by atoms with Crippen LogP contribution in [0.1, 0.15) is 58.9 Å². The highest BCUT2D eigenvalue weighted by Gasteiger charge is 2.56. The molecule has 6 rings (SSSR count). The van der Waals surface area contributed by atoms with Crippen LogP contribution in [0.15, 0.2) is 132 Å². The fourth-order valence-corrected chi connectivity index (χ4v) is 13.1. The van der Waals surface area contributed by atoms with Gasteiger partial charge in [0.25, 0.3) is 8.32 Å². The first-order valence-electron chi connectivity index (χ1n) is 18.7. The standard InChI is InChI=1S/C45H51NO6Si/c1-5-31(27-32-21-24-35(48)25-22-32)23-26-40(49)41-33(28-38-42(39(41)29-47)44(51)46(43(38)50)34-15-9-6-10-16-34)30-52-53(45(2,3)4,36-17-11-7-12-18-36)37-19-13-8-14-20-37/h6-22,24-25,27,38-40,42,47-49H,5,23,26,28-30H2,1-4H3/b31-27+/t38-,39+,40-,42-/m1/s1. The monoisotopic (exact) mass is 729 g/mol. The van der Waals surface area contributed by atoms with E-state index in [0.29, 0.717) is 24.1 Å². The van der Waals surface area contributed by atoms with E-state index in [1.165, 1.54) is 4.90 Å². The topological polar surface area (TPSA) is 107 Å². The number of allylic oxidation sites excluding steroid dienone is 1. The molecule has 276 valence electrons. The van der Waals surface area contributed by atoms with Crippen LogP contribution in [0.5, 0.6) is 5.75 Å². The van der Waals surface area contributed by atoms with Gasteiger partial charge in [-0.25, -0.2) is 0 Å². The minimum atomic E-state index is -3.02. The second kappa shape index (κ2) is 16.2. The third kappa shape index (κ3) is 7.60. The molecule has 1 fully saturated rings. The average Bonchev–Trinajstić information content (AvgIpc) is 3.42. The van der Waals surface area contributed by atoms with Crippen LogP contribution < -0.4 is 15.3 Å². The Hall–Kier alpha value is -4.60. The third-order valence-corrected chi connectivity index (χ3v) is 16.1. The van der Waals surface area contributed by atoms with Gasteiger partial charge in [0.2, 0.25) is 11.8 Å². The van der Waals surface area contributed by atoms with E-state index in [9.17, 15) is 24.9 Å². The van der Waals surface area contributed by atoms with Gasteiger partial charge in [0.05, 0.1) is 36.8 Å². The van der Waals surface area contributed by atoms with Crippen molar-refractivity contribution in [1.82, 2.24) is 0 Å². The number of phenolic OH excluding ortho intramolecular Hbond substituents is 1. The van der Waals surface area contributed by atoms with Crippen LogP contribution in [0, 0.1) is 17.8 Å². The summed E-state index contributed by atoms with van der Waals surface area (Å²) in [6.45, 7) is 8.46. The number of carbonyl (C=O) groups is 2. The number of phenols is 1. The maximum absolute atomic E-state index is 14.2. The molecule has 0 saturated carbocycles. The lowest BCUT2D eigenvalue weighted by atomic mass is 9.68. The van der Waals surface area contributed by atoms with E-state index in [0.717, 1.165) is 33.5 Å². The maximum Gasteiger partial charge on any atom is 0.261 e. The normalized spacial score (nSPS) is 20.2. The highest BCUT2D eigenvalue weighted by atomic mass is 28.4. The van der Waals surface area contributed by atoms with Gasteiger partial charge in [-0.15, -0.1) is 0 Å². The molecular formula is C45H51NO6Si. The summed E-state index contributed by atoms with van der Waals surface area (Å²) in [6, 6.07) is 36.6. The molecule has 4 aromatic rings. The van der Waals surface area contributed by atoms with Crippen molar-refractivity contribution in [1.29, 1.82) is 0 Å². The van der Waals surface area contributed by atoms with Gasteiger partial charge in [-0.1, -0.05) is 130 Å². The minimum absolute atomic E-state index is 0.149. The van der Waals surface area contributed by atoms with E-state index in [1.54, 1.807) is 36.4 Å². The van der Waals surface area contributed by atoms with Crippen LogP contribution in [0.4, 0.5) is 5.69 Å². The number of aliphatic hydroxyl groups is 2. The van der Waals surface area contributed by atoms with E-state index < -0.39 is 32.2 Å². The number of nitrogens with zero attached hydrogens (tertiary/aromatic N) is 1. The molecule has 53 heavy (non-hydrogen) atoms. The highest BCUT2D eigenvalue weighted by molar-refractivity contribution is 6.99. The molecule has 1 saturated heterocycles. The summed E-state index contributed by atoms with van der Waals surface area (Å²) in [7, 11) is -3.02. The number of fused-ring (bicyclic) bond motifs is 1. The fraction of sp³-hybridized carbons (Fsp3) is 0.333. The number of aromatic hydroxyl groups is 1. The van der Waals surface area contributed by atoms with Crippen LogP contribution in [0.25, 0.3) is 6.08 Å². The number of carbonyl (C=O) groups excluding carboxylic acids is 2. The Morgan fingerprint density at radius 1 is 0.868 bits per heavy atom. The SMILES string of the molecule is CC/C(=C\c1ccc(O)cc1)CC[C@@H](O)C1=C(CO[Si](c2ccccc2)(c2ccccc2)C(C)(C)C)C[C@H]2C(=O)N(c3ccccc3)C(=O)[C@H]2[C@H]1CO. The number of imide groups is 1.